The summed E-state index contributed by atoms with van der Waals surface area (Å²) in [5.74, 6) is 0.485. The van der Waals surface area contributed by atoms with Gasteiger partial charge in [-0.05, 0) is 18.9 Å². The summed E-state index contributed by atoms with van der Waals surface area (Å²) < 4.78 is 10.5. The van der Waals surface area contributed by atoms with Crippen LogP contribution in [0.2, 0.25) is 0 Å². The highest BCUT2D eigenvalue weighted by Gasteiger charge is 2.05. The number of nitrogens with zero attached hydrogens (tertiary/aromatic N) is 1. The molecule has 1 aromatic heterocycles. The Hall–Kier alpha value is -1.03. The highest BCUT2D eigenvalue weighted by Crippen LogP contribution is 2.10. The average Bonchev–Trinajstić information content (AvgIpc) is 2.63. The molecule has 0 aliphatic rings. The molecule has 4 heteroatoms. The quantitative estimate of drug-likeness (QED) is 0.704. The van der Waals surface area contributed by atoms with Gasteiger partial charge in [-0.2, -0.15) is 4.98 Å². The van der Waals surface area contributed by atoms with Gasteiger partial charge in [0.1, 0.15) is 6.26 Å². The minimum atomic E-state index is 0.372. The third kappa shape index (κ3) is 4.83. The third-order valence-corrected chi connectivity index (χ3v) is 1.80. The fourth-order valence-electron chi connectivity index (χ4n) is 1.07. The van der Waals surface area contributed by atoms with Crippen molar-refractivity contribution in [3.63, 3.8) is 0 Å². The summed E-state index contributed by atoms with van der Waals surface area (Å²) in [6, 6.07) is 0. The molecule has 0 saturated carbocycles. The summed E-state index contributed by atoms with van der Waals surface area (Å²) in [6.45, 7) is 8.69. The molecule has 1 heterocycles. The summed E-state index contributed by atoms with van der Waals surface area (Å²) in [5.41, 5.74) is 0.891. The smallest absolute Gasteiger partial charge is 0.393 e. The largest absolute Gasteiger partial charge is 0.450 e. The van der Waals surface area contributed by atoms with Crippen molar-refractivity contribution in [3.05, 3.63) is 12.0 Å². The van der Waals surface area contributed by atoms with E-state index in [2.05, 4.69) is 31.1 Å². The number of ether oxygens (including phenoxy) is 1. The highest BCUT2D eigenvalue weighted by molar-refractivity contribution is 4.99. The van der Waals surface area contributed by atoms with Crippen LogP contribution in [-0.4, -0.2) is 18.1 Å². The van der Waals surface area contributed by atoms with E-state index in [1.54, 1.807) is 6.26 Å². The van der Waals surface area contributed by atoms with Crippen molar-refractivity contribution < 1.29 is 9.15 Å². The van der Waals surface area contributed by atoms with Gasteiger partial charge in [-0.15, -0.1) is 0 Å². The second-order valence-corrected chi connectivity index (χ2v) is 3.99. The van der Waals surface area contributed by atoms with E-state index in [1.807, 2.05) is 0 Å². The lowest BCUT2D eigenvalue weighted by atomic mass is 10.2. The lowest BCUT2D eigenvalue weighted by molar-refractivity contribution is 0.202. The van der Waals surface area contributed by atoms with Crippen molar-refractivity contribution in [2.24, 2.45) is 5.92 Å². The molecular formula is C11H20N2O2. The highest BCUT2D eigenvalue weighted by atomic mass is 16.6. The van der Waals surface area contributed by atoms with Crippen LogP contribution in [0.15, 0.2) is 10.7 Å². The Morgan fingerprint density at radius 2 is 2.33 bits per heavy atom. The van der Waals surface area contributed by atoms with Gasteiger partial charge < -0.3 is 14.5 Å². The molecule has 0 radical (unpaired) electrons. The van der Waals surface area contributed by atoms with Crippen LogP contribution in [0.3, 0.4) is 0 Å². The molecule has 0 spiro atoms. The average molecular weight is 212 g/mol. The van der Waals surface area contributed by atoms with Gasteiger partial charge in [-0.1, -0.05) is 20.8 Å². The topological polar surface area (TPSA) is 47.3 Å². The van der Waals surface area contributed by atoms with Crippen LogP contribution in [0, 0.1) is 5.92 Å². The van der Waals surface area contributed by atoms with Crippen molar-refractivity contribution in [3.8, 4) is 6.08 Å². The van der Waals surface area contributed by atoms with E-state index in [1.165, 1.54) is 0 Å². The van der Waals surface area contributed by atoms with Crippen molar-refractivity contribution >= 4 is 0 Å². The second kappa shape index (κ2) is 6.45. The molecule has 4 nitrogen and oxygen atoms in total. The standard InChI is InChI=1S/C11H20N2O2/c1-4-5-12-6-10-8-15-11(13-10)14-7-9(2)3/h8-9,12H,4-7H2,1-3H3. The van der Waals surface area contributed by atoms with Crippen molar-refractivity contribution in [1.29, 1.82) is 0 Å². The zero-order chi connectivity index (χ0) is 11.1. The van der Waals surface area contributed by atoms with Gasteiger partial charge in [0.15, 0.2) is 0 Å². The monoisotopic (exact) mass is 212 g/mol. The van der Waals surface area contributed by atoms with Crippen molar-refractivity contribution in [1.82, 2.24) is 10.3 Å². The molecule has 0 fully saturated rings. The predicted octanol–water partition coefficient (Wildman–Crippen LogP) is 2.21. The van der Waals surface area contributed by atoms with Crippen LogP contribution in [0.25, 0.3) is 0 Å². The molecular weight excluding hydrogens is 192 g/mol. The maximum atomic E-state index is 5.35. The molecule has 0 amide bonds. The molecule has 0 aliphatic heterocycles. The van der Waals surface area contributed by atoms with Crippen molar-refractivity contribution in [2.75, 3.05) is 13.2 Å². The maximum absolute atomic E-state index is 5.35. The van der Waals surface area contributed by atoms with Crippen LogP contribution in [0.1, 0.15) is 32.9 Å². The summed E-state index contributed by atoms with van der Waals surface area (Å²) in [6.07, 6.45) is 3.13. The summed E-state index contributed by atoms with van der Waals surface area (Å²) in [4.78, 5) is 4.20. The number of oxazole rings is 1. The third-order valence-electron chi connectivity index (χ3n) is 1.80. The fraction of sp³-hybridized carbons (Fsp3) is 0.727. The number of hydrogen-bond donors (Lipinski definition) is 1. The van der Waals surface area contributed by atoms with Crippen molar-refractivity contribution in [2.45, 2.75) is 33.7 Å². The second-order valence-electron chi connectivity index (χ2n) is 3.99. The van der Waals surface area contributed by atoms with Crippen LogP contribution in [-0.2, 0) is 6.54 Å². The SMILES string of the molecule is CCCNCc1coc(OCC(C)C)n1. The summed E-state index contributed by atoms with van der Waals surface area (Å²) >= 11 is 0. The zero-order valence-corrected chi connectivity index (χ0v) is 9.75. The van der Waals surface area contributed by atoms with Gasteiger partial charge >= 0.3 is 6.08 Å². The zero-order valence-electron chi connectivity index (χ0n) is 9.75. The minimum Gasteiger partial charge on any atom is -0.450 e. The summed E-state index contributed by atoms with van der Waals surface area (Å²) in [5, 5.41) is 3.25. The molecule has 0 aromatic carbocycles. The number of rotatable bonds is 7. The maximum Gasteiger partial charge on any atom is 0.393 e. The molecule has 1 N–H and O–H groups in total. The molecule has 86 valence electrons. The van der Waals surface area contributed by atoms with E-state index in [0.29, 0.717) is 18.6 Å². The molecule has 15 heavy (non-hydrogen) atoms. The first-order valence-electron chi connectivity index (χ1n) is 5.50. The van der Waals surface area contributed by atoms with Gasteiger partial charge in [-0.25, -0.2) is 0 Å². The Kier molecular flexibility index (Phi) is 5.18. The van der Waals surface area contributed by atoms with Crippen LogP contribution < -0.4 is 10.1 Å². The van der Waals surface area contributed by atoms with Crippen LogP contribution in [0.4, 0.5) is 0 Å². The van der Waals surface area contributed by atoms with Crippen LogP contribution >= 0.6 is 0 Å². The molecule has 0 aliphatic carbocycles. The van der Waals surface area contributed by atoms with E-state index >= 15 is 0 Å². The van der Waals surface area contributed by atoms with E-state index in [9.17, 15) is 0 Å². The Labute approximate surface area is 91.0 Å². The molecule has 1 rings (SSSR count). The lowest BCUT2D eigenvalue weighted by Gasteiger charge is -2.02. The van der Waals surface area contributed by atoms with E-state index in [4.69, 9.17) is 9.15 Å². The molecule has 0 unspecified atom stereocenters. The molecule has 0 atom stereocenters. The normalized spacial score (nSPS) is 10.9. The van der Waals surface area contributed by atoms with Gasteiger partial charge in [0.2, 0.25) is 0 Å². The first kappa shape index (κ1) is 12.0. The van der Waals surface area contributed by atoms with E-state index in [0.717, 1.165) is 25.2 Å². The van der Waals surface area contributed by atoms with Gasteiger partial charge in [-0.3, -0.25) is 0 Å². The number of aromatic nitrogens is 1. The molecule has 0 saturated heterocycles. The molecule has 0 bridgehead atoms. The van der Waals surface area contributed by atoms with Gasteiger partial charge in [0.05, 0.1) is 12.3 Å². The lowest BCUT2D eigenvalue weighted by Crippen LogP contribution is -2.14. The van der Waals surface area contributed by atoms with Crippen LogP contribution in [0.5, 0.6) is 6.08 Å². The predicted molar refractivity (Wildman–Crippen MR) is 58.8 cm³/mol. The number of nitrogens with one attached hydrogen (secondary N) is 1. The first-order valence-corrected chi connectivity index (χ1v) is 5.50. The Balaban J connectivity index is 2.29. The summed E-state index contributed by atoms with van der Waals surface area (Å²) in [7, 11) is 0. The fourth-order valence-corrected chi connectivity index (χ4v) is 1.07. The van der Waals surface area contributed by atoms with Gasteiger partial charge in [0.25, 0.3) is 0 Å². The molecule has 1 aromatic rings. The number of hydrogen-bond acceptors (Lipinski definition) is 4. The minimum absolute atomic E-state index is 0.372. The Morgan fingerprint density at radius 3 is 3.00 bits per heavy atom. The first-order chi connectivity index (χ1) is 7.22. The van der Waals surface area contributed by atoms with E-state index in [-0.39, 0.29) is 0 Å². The Morgan fingerprint density at radius 1 is 1.53 bits per heavy atom. The van der Waals surface area contributed by atoms with Gasteiger partial charge in [0, 0.05) is 6.54 Å². The van der Waals surface area contributed by atoms with E-state index < -0.39 is 0 Å². The Bertz CT molecular complexity index is 271.